The zero-order valence-electron chi connectivity index (χ0n) is 8.64. The second kappa shape index (κ2) is 3.49. The summed E-state index contributed by atoms with van der Waals surface area (Å²) in [4.78, 5) is 12.2. The molecule has 2 aromatic carbocycles. The molecule has 2 heteroatoms. The van der Waals surface area contributed by atoms with Gasteiger partial charge in [-0.25, -0.2) is 0 Å². The Morgan fingerprint density at radius 3 is 2.44 bits per heavy atom. The van der Waals surface area contributed by atoms with Crippen LogP contribution in [-0.2, 0) is 6.61 Å². The highest BCUT2D eigenvalue weighted by Gasteiger charge is 2.20. The van der Waals surface area contributed by atoms with E-state index in [2.05, 4.69) is 0 Å². The molecule has 0 saturated heterocycles. The van der Waals surface area contributed by atoms with E-state index >= 15 is 0 Å². The molecular weight excluding hydrogens is 200 g/mol. The lowest BCUT2D eigenvalue weighted by Gasteiger charge is -2.04. The van der Waals surface area contributed by atoms with Gasteiger partial charge in [0.15, 0.2) is 5.78 Å². The summed E-state index contributed by atoms with van der Waals surface area (Å²) < 4.78 is 5.62. The number of fused-ring (bicyclic) bond motifs is 2. The van der Waals surface area contributed by atoms with Crippen molar-refractivity contribution < 1.29 is 9.53 Å². The molecule has 2 nitrogen and oxygen atoms in total. The third-order valence-electron chi connectivity index (χ3n) is 2.78. The number of benzene rings is 2. The fraction of sp³-hybridized carbons (Fsp3) is 0.0714. The summed E-state index contributed by atoms with van der Waals surface area (Å²) in [5.41, 5.74) is 2.34. The van der Waals surface area contributed by atoms with Crippen molar-refractivity contribution in [3.8, 4) is 5.75 Å². The molecule has 1 aliphatic rings. The van der Waals surface area contributed by atoms with Crippen LogP contribution in [0.15, 0.2) is 48.5 Å². The molecule has 0 bridgehead atoms. The van der Waals surface area contributed by atoms with Crippen LogP contribution in [0.3, 0.4) is 0 Å². The third-order valence-corrected chi connectivity index (χ3v) is 2.78. The average molecular weight is 210 g/mol. The van der Waals surface area contributed by atoms with Crippen molar-refractivity contribution in [2.75, 3.05) is 0 Å². The number of carbonyl (C=O) groups is 1. The van der Waals surface area contributed by atoms with Gasteiger partial charge in [0, 0.05) is 11.1 Å². The van der Waals surface area contributed by atoms with Gasteiger partial charge in [0.2, 0.25) is 0 Å². The molecule has 16 heavy (non-hydrogen) atoms. The maximum atomic E-state index is 12.2. The quantitative estimate of drug-likeness (QED) is 0.668. The van der Waals surface area contributed by atoms with E-state index in [-0.39, 0.29) is 5.78 Å². The van der Waals surface area contributed by atoms with Crippen molar-refractivity contribution in [2.24, 2.45) is 0 Å². The van der Waals surface area contributed by atoms with Crippen LogP contribution in [0.5, 0.6) is 5.75 Å². The monoisotopic (exact) mass is 210 g/mol. The van der Waals surface area contributed by atoms with Gasteiger partial charge in [-0.1, -0.05) is 36.4 Å². The van der Waals surface area contributed by atoms with E-state index in [0.717, 1.165) is 11.1 Å². The number of carbonyl (C=O) groups excluding carboxylic acids is 1. The molecule has 1 heterocycles. The summed E-state index contributed by atoms with van der Waals surface area (Å²) in [5, 5.41) is 0. The molecule has 0 aliphatic carbocycles. The molecule has 78 valence electrons. The number of rotatable bonds is 0. The Labute approximate surface area is 93.5 Å². The molecule has 0 N–H and O–H groups in total. The molecule has 0 amide bonds. The van der Waals surface area contributed by atoms with Crippen LogP contribution in [-0.4, -0.2) is 5.78 Å². The maximum absolute atomic E-state index is 12.2. The maximum Gasteiger partial charge on any atom is 0.197 e. The fourth-order valence-electron chi connectivity index (χ4n) is 1.95. The molecular formula is C14H10O2. The Hall–Kier alpha value is -2.09. The first kappa shape index (κ1) is 9.16. The summed E-state index contributed by atoms with van der Waals surface area (Å²) in [6, 6.07) is 15.0. The Morgan fingerprint density at radius 1 is 0.875 bits per heavy atom. The first-order valence-electron chi connectivity index (χ1n) is 5.21. The van der Waals surface area contributed by atoms with Crippen LogP contribution >= 0.6 is 0 Å². The molecule has 0 saturated carbocycles. The summed E-state index contributed by atoms with van der Waals surface area (Å²) >= 11 is 0. The van der Waals surface area contributed by atoms with Gasteiger partial charge in [-0.15, -0.1) is 0 Å². The van der Waals surface area contributed by atoms with Gasteiger partial charge in [0.05, 0.1) is 5.56 Å². The number of ether oxygens (including phenoxy) is 1. The average Bonchev–Trinajstić information content (AvgIpc) is 2.49. The van der Waals surface area contributed by atoms with Gasteiger partial charge in [0.25, 0.3) is 0 Å². The van der Waals surface area contributed by atoms with Gasteiger partial charge in [-0.3, -0.25) is 4.79 Å². The molecule has 2 aromatic rings. The summed E-state index contributed by atoms with van der Waals surface area (Å²) in [6.45, 7) is 0.457. The van der Waals surface area contributed by atoms with E-state index in [1.54, 1.807) is 6.07 Å². The Bertz CT molecular complexity index is 509. The zero-order valence-corrected chi connectivity index (χ0v) is 8.64. The molecule has 1 aliphatic heterocycles. The van der Waals surface area contributed by atoms with E-state index in [9.17, 15) is 4.79 Å². The molecule has 0 radical (unpaired) electrons. The van der Waals surface area contributed by atoms with Crippen molar-refractivity contribution in [1.82, 2.24) is 0 Å². The number of hydrogen-bond donors (Lipinski definition) is 0. The SMILES string of the molecule is O=C1c2ccccc2COc2ccccc21. The first-order chi connectivity index (χ1) is 7.86. The summed E-state index contributed by atoms with van der Waals surface area (Å²) in [7, 11) is 0. The van der Waals surface area contributed by atoms with Gasteiger partial charge >= 0.3 is 0 Å². The van der Waals surface area contributed by atoms with Crippen LogP contribution in [0.1, 0.15) is 21.5 Å². The molecule has 3 rings (SSSR count). The zero-order chi connectivity index (χ0) is 11.0. The van der Waals surface area contributed by atoms with E-state index in [0.29, 0.717) is 17.9 Å². The normalized spacial score (nSPS) is 13.4. The van der Waals surface area contributed by atoms with E-state index in [4.69, 9.17) is 4.74 Å². The Morgan fingerprint density at radius 2 is 1.56 bits per heavy atom. The molecule has 0 aromatic heterocycles. The van der Waals surface area contributed by atoms with Crippen LogP contribution in [0, 0.1) is 0 Å². The largest absolute Gasteiger partial charge is 0.488 e. The van der Waals surface area contributed by atoms with Gasteiger partial charge in [-0.05, 0) is 12.1 Å². The van der Waals surface area contributed by atoms with E-state index in [1.807, 2.05) is 42.5 Å². The summed E-state index contributed by atoms with van der Waals surface area (Å²) in [5.74, 6) is 0.715. The van der Waals surface area contributed by atoms with Gasteiger partial charge in [0.1, 0.15) is 12.4 Å². The molecule has 0 spiro atoms. The standard InChI is InChI=1S/C14H10O2/c15-14-11-6-2-1-5-10(11)9-16-13-8-4-3-7-12(13)14/h1-8H,9H2. The highest BCUT2D eigenvalue weighted by molar-refractivity contribution is 6.11. The minimum Gasteiger partial charge on any atom is -0.488 e. The van der Waals surface area contributed by atoms with Crippen LogP contribution in [0.25, 0.3) is 0 Å². The lowest BCUT2D eigenvalue weighted by atomic mass is 9.99. The predicted octanol–water partition coefficient (Wildman–Crippen LogP) is 2.81. The topological polar surface area (TPSA) is 26.3 Å². The lowest BCUT2D eigenvalue weighted by Crippen LogP contribution is -2.01. The molecule has 0 fully saturated rings. The minimum absolute atomic E-state index is 0.0451. The number of ketones is 1. The fourth-order valence-corrected chi connectivity index (χ4v) is 1.95. The van der Waals surface area contributed by atoms with Gasteiger partial charge < -0.3 is 4.74 Å². The first-order valence-corrected chi connectivity index (χ1v) is 5.21. The predicted molar refractivity (Wildman–Crippen MR) is 60.6 cm³/mol. The summed E-state index contributed by atoms with van der Waals surface area (Å²) in [6.07, 6.45) is 0. The van der Waals surface area contributed by atoms with Crippen LogP contribution in [0.4, 0.5) is 0 Å². The molecule has 0 atom stereocenters. The van der Waals surface area contributed by atoms with Crippen molar-refractivity contribution in [3.05, 3.63) is 65.2 Å². The lowest BCUT2D eigenvalue weighted by molar-refractivity contribution is 0.103. The second-order valence-corrected chi connectivity index (χ2v) is 3.77. The van der Waals surface area contributed by atoms with Crippen molar-refractivity contribution in [1.29, 1.82) is 0 Å². The van der Waals surface area contributed by atoms with E-state index in [1.165, 1.54) is 0 Å². The highest BCUT2D eigenvalue weighted by atomic mass is 16.5. The number of hydrogen-bond acceptors (Lipinski definition) is 2. The van der Waals surface area contributed by atoms with Crippen molar-refractivity contribution in [2.45, 2.75) is 6.61 Å². The number of para-hydroxylation sites is 1. The van der Waals surface area contributed by atoms with Crippen molar-refractivity contribution in [3.63, 3.8) is 0 Å². The van der Waals surface area contributed by atoms with E-state index < -0.39 is 0 Å². The van der Waals surface area contributed by atoms with Gasteiger partial charge in [-0.2, -0.15) is 0 Å². The van der Waals surface area contributed by atoms with Crippen LogP contribution in [0.2, 0.25) is 0 Å². The third kappa shape index (κ3) is 1.31. The smallest absolute Gasteiger partial charge is 0.197 e. The second-order valence-electron chi connectivity index (χ2n) is 3.77. The van der Waals surface area contributed by atoms with Crippen molar-refractivity contribution >= 4 is 5.78 Å². The Balaban J connectivity index is 2.22. The highest BCUT2D eigenvalue weighted by Crippen LogP contribution is 2.27. The Kier molecular flexibility index (Phi) is 2.00. The minimum atomic E-state index is 0.0451. The molecule has 0 unspecified atom stereocenters. The van der Waals surface area contributed by atoms with Crippen LogP contribution < -0.4 is 4.74 Å².